The van der Waals surface area contributed by atoms with Gasteiger partial charge in [0, 0.05) is 29.9 Å². The van der Waals surface area contributed by atoms with E-state index in [1.165, 1.54) is 0 Å². The normalized spacial score (nSPS) is 9.82. The number of nitrogens with one attached hydrogen (secondary N) is 1. The Balaban J connectivity index is 3.02. The van der Waals surface area contributed by atoms with Gasteiger partial charge in [-0.3, -0.25) is 9.59 Å². The van der Waals surface area contributed by atoms with Gasteiger partial charge in [0.15, 0.2) is 6.29 Å². The van der Waals surface area contributed by atoms with Gasteiger partial charge in [-0.15, -0.1) is 0 Å². The molecule has 17 heavy (non-hydrogen) atoms. The molecule has 1 amide bonds. The molecule has 0 spiro atoms. The molecule has 1 aromatic carbocycles. The molecule has 0 heterocycles. The van der Waals surface area contributed by atoms with E-state index < -0.39 is 0 Å². The smallest absolute Gasteiger partial charge is 0.239 e. The number of rotatable bonds is 5. The van der Waals surface area contributed by atoms with Gasteiger partial charge in [0.1, 0.15) is 0 Å². The minimum Gasteiger partial charge on any atom is -0.362 e. The molecule has 0 aromatic heterocycles. The van der Waals surface area contributed by atoms with Crippen LogP contribution in [0.4, 0.5) is 5.69 Å². The molecule has 0 saturated heterocycles. The number of hydrogen-bond acceptors (Lipinski definition) is 3. The lowest BCUT2D eigenvalue weighted by Crippen LogP contribution is -2.36. The topological polar surface area (TPSA) is 49.4 Å². The summed E-state index contributed by atoms with van der Waals surface area (Å²) in [6, 6.07) is 5.05. The van der Waals surface area contributed by atoms with Gasteiger partial charge in [0.25, 0.3) is 0 Å². The van der Waals surface area contributed by atoms with Crippen molar-refractivity contribution in [3.8, 4) is 0 Å². The van der Waals surface area contributed by atoms with Crippen molar-refractivity contribution in [2.75, 3.05) is 25.0 Å². The number of likely N-dealkylation sites (N-methyl/N-ethyl adjacent to an activating group) is 2. The Kier molecular flexibility index (Phi) is 4.97. The Morgan fingerprint density at radius 1 is 1.53 bits per heavy atom. The monoisotopic (exact) mass is 254 g/mol. The van der Waals surface area contributed by atoms with Crippen molar-refractivity contribution in [1.29, 1.82) is 0 Å². The Bertz CT molecular complexity index is 421. The second-order valence-electron chi connectivity index (χ2n) is 3.51. The van der Waals surface area contributed by atoms with Crippen LogP contribution in [0.1, 0.15) is 17.3 Å². The molecule has 1 rings (SSSR count). The Hall–Kier alpha value is -1.55. The third-order valence-corrected chi connectivity index (χ3v) is 2.69. The summed E-state index contributed by atoms with van der Waals surface area (Å²) in [5.74, 6) is -0.0985. The molecule has 0 saturated carbocycles. The predicted octanol–water partition coefficient (Wildman–Crippen LogP) is 1.72. The second kappa shape index (κ2) is 6.25. The number of hydrogen-bond donors (Lipinski definition) is 1. The highest BCUT2D eigenvalue weighted by Crippen LogP contribution is 2.22. The minimum atomic E-state index is -0.0985. The van der Waals surface area contributed by atoms with Crippen LogP contribution in [-0.2, 0) is 4.79 Å². The van der Waals surface area contributed by atoms with Crippen LogP contribution >= 0.6 is 11.6 Å². The average Bonchev–Trinajstić information content (AvgIpc) is 2.35. The first-order valence-electron chi connectivity index (χ1n) is 5.32. The molecule has 0 aliphatic carbocycles. The maximum Gasteiger partial charge on any atom is 0.239 e. The molecule has 0 unspecified atom stereocenters. The van der Waals surface area contributed by atoms with Crippen molar-refractivity contribution in [2.24, 2.45) is 0 Å². The highest BCUT2D eigenvalue weighted by molar-refractivity contribution is 6.31. The first kappa shape index (κ1) is 13.5. The molecule has 5 heteroatoms. The molecule has 0 bridgehead atoms. The summed E-state index contributed by atoms with van der Waals surface area (Å²) in [5, 5.41) is 3.06. The van der Waals surface area contributed by atoms with Crippen molar-refractivity contribution in [2.45, 2.75) is 6.92 Å². The largest absolute Gasteiger partial charge is 0.362 e. The van der Waals surface area contributed by atoms with Gasteiger partial charge in [-0.05, 0) is 25.1 Å². The van der Waals surface area contributed by atoms with Crippen molar-refractivity contribution < 1.29 is 9.59 Å². The number of aldehydes is 1. The summed E-state index contributed by atoms with van der Waals surface area (Å²) < 4.78 is 0. The van der Waals surface area contributed by atoms with E-state index in [2.05, 4.69) is 5.32 Å². The van der Waals surface area contributed by atoms with E-state index in [-0.39, 0.29) is 12.5 Å². The van der Waals surface area contributed by atoms with Gasteiger partial charge >= 0.3 is 0 Å². The number of anilines is 1. The highest BCUT2D eigenvalue weighted by Gasteiger charge is 2.12. The zero-order chi connectivity index (χ0) is 12.8. The Morgan fingerprint density at radius 3 is 2.76 bits per heavy atom. The maximum atomic E-state index is 11.4. The summed E-state index contributed by atoms with van der Waals surface area (Å²) in [6.07, 6.45) is 0.744. The SMILES string of the molecule is CCN(CC(=O)NC)c1ccc(Cl)cc1C=O. The highest BCUT2D eigenvalue weighted by atomic mass is 35.5. The van der Waals surface area contributed by atoms with Crippen LogP contribution in [0.5, 0.6) is 0 Å². The standard InChI is InChI=1S/C12H15ClN2O2/c1-3-15(7-12(17)14-2)11-5-4-10(13)6-9(11)8-16/h4-6,8H,3,7H2,1-2H3,(H,14,17). The Labute approximate surface area is 106 Å². The summed E-state index contributed by atoms with van der Waals surface area (Å²) in [7, 11) is 1.58. The molecule has 0 radical (unpaired) electrons. The van der Waals surface area contributed by atoms with E-state index >= 15 is 0 Å². The lowest BCUT2D eigenvalue weighted by Gasteiger charge is -2.23. The number of carbonyl (C=O) groups is 2. The fraction of sp³-hybridized carbons (Fsp3) is 0.333. The number of halogens is 1. The summed E-state index contributed by atoms with van der Waals surface area (Å²) >= 11 is 5.82. The summed E-state index contributed by atoms with van der Waals surface area (Å²) in [5.41, 5.74) is 1.21. The fourth-order valence-electron chi connectivity index (χ4n) is 1.53. The van der Waals surface area contributed by atoms with Gasteiger partial charge < -0.3 is 10.2 Å². The second-order valence-corrected chi connectivity index (χ2v) is 3.94. The lowest BCUT2D eigenvalue weighted by atomic mass is 10.1. The molecule has 4 nitrogen and oxygen atoms in total. The van der Waals surface area contributed by atoms with E-state index in [1.54, 1.807) is 25.2 Å². The van der Waals surface area contributed by atoms with Gasteiger partial charge in [-0.1, -0.05) is 11.6 Å². The fourth-order valence-corrected chi connectivity index (χ4v) is 1.71. The first-order chi connectivity index (χ1) is 8.12. The zero-order valence-electron chi connectivity index (χ0n) is 9.87. The molecule has 0 aliphatic heterocycles. The van der Waals surface area contributed by atoms with Crippen LogP contribution in [0.2, 0.25) is 5.02 Å². The molecule has 0 fully saturated rings. The molecule has 92 valence electrons. The number of nitrogens with zero attached hydrogens (tertiary/aromatic N) is 1. The molecular weight excluding hydrogens is 240 g/mol. The van der Waals surface area contributed by atoms with Crippen LogP contribution in [0.3, 0.4) is 0 Å². The van der Waals surface area contributed by atoms with Crippen molar-refractivity contribution >= 4 is 29.5 Å². The van der Waals surface area contributed by atoms with Gasteiger partial charge in [0.05, 0.1) is 6.54 Å². The lowest BCUT2D eigenvalue weighted by molar-refractivity contribution is -0.119. The van der Waals surface area contributed by atoms with Crippen LogP contribution in [0.15, 0.2) is 18.2 Å². The van der Waals surface area contributed by atoms with E-state index in [9.17, 15) is 9.59 Å². The van der Waals surface area contributed by atoms with Crippen LogP contribution in [-0.4, -0.2) is 32.3 Å². The molecule has 1 aromatic rings. The minimum absolute atomic E-state index is 0.0985. The van der Waals surface area contributed by atoms with Crippen molar-refractivity contribution in [3.63, 3.8) is 0 Å². The number of benzene rings is 1. The molecule has 0 atom stereocenters. The zero-order valence-corrected chi connectivity index (χ0v) is 10.6. The third-order valence-electron chi connectivity index (χ3n) is 2.45. The van der Waals surface area contributed by atoms with Gasteiger partial charge in [-0.2, -0.15) is 0 Å². The number of amides is 1. The number of carbonyl (C=O) groups excluding carboxylic acids is 2. The van der Waals surface area contributed by atoms with Crippen molar-refractivity contribution in [1.82, 2.24) is 5.32 Å². The average molecular weight is 255 g/mol. The molecular formula is C12H15ClN2O2. The third kappa shape index (κ3) is 3.46. The first-order valence-corrected chi connectivity index (χ1v) is 5.70. The van der Waals surface area contributed by atoms with E-state index in [4.69, 9.17) is 11.6 Å². The quantitative estimate of drug-likeness (QED) is 0.814. The summed E-state index contributed by atoms with van der Waals surface area (Å²) in [4.78, 5) is 24.1. The van der Waals surface area contributed by atoms with E-state index in [0.29, 0.717) is 17.1 Å². The molecule has 0 aliphatic rings. The van der Waals surface area contributed by atoms with Crippen LogP contribution < -0.4 is 10.2 Å². The van der Waals surface area contributed by atoms with Crippen molar-refractivity contribution in [3.05, 3.63) is 28.8 Å². The summed E-state index contributed by atoms with van der Waals surface area (Å²) in [6.45, 7) is 2.78. The van der Waals surface area contributed by atoms with Gasteiger partial charge in [-0.25, -0.2) is 0 Å². The van der Waals surface area contributed by atoms with E-state index in [0.717, 1.165) is 12.0 Å². The maximum absolute atomic E-state index is 11.4. The Morgan fingerprint density at radius 2 is 2.24 bits per heavy atom. The van der Waals surface area contributed by atoms with Crippen LogP contribution in [0.25, 0.3) is 0 Å². The van der Waals surface area contributed by atoms with E-state index in [1.807, 2.05) is 11.8 Å². The van der Waals surface area contributed by atoms with Gasteiger partial charge in [0.2, 0.25) is 5.91 Å². The van der Waals surface area contributed by atoms with Crippen LogP contribution in [0, 0.1) is 0 Å². The molecule has 1 N–H and O–H groups in total. The predicted molar refractivity (Wildman–Crippen MR) is 68.8 cm³/mol.